The number of hydrogen-bond donors (Lipinski definition) is 1. The number of benzene rings is 1. The van der Waals surface area contributed by atoms with Crippen LogP contribution in [-0.2, 0) is 11.9 Å². The van der Waals surface area contributed by atoms with Crippen LogP contribution in [0.2, 0.25) is 0 Å². The number of rotatable bonds is 2. The van der Waals surface area contributed by atoms with E-state index in [-0.39, 0.29) is 11.5 Å². The van der Waals surface area contributed by atoms with Crippen molar-refractivity contribution in [1.82, 2.24) is 0 Å². The SMILES string of the molecule is [B]C(O)(c1c(F)ccc2c1CCO2)C(C)C. The molecule has 1 aromatic carbocycles. The van der Waals surface area contributed by atoms with Crippen molar-refractivity contribution in [3.63, 3.8) is 0 Å². The van der Waals surface area contributed by atoms with E-state index < -0.39 is 11.3 Å². The van der Waals surface area contributed by atoms with Gasteiger partial charge in [0.05, 0.1) is 12.1 Å². The zero-order valence-electron chi connectivity index (χ0n) is 9.46. The molecule has 2 rings (SSSR count). The molecule has 0 spiro atoms. The lowest BCUT2D eigenvalue weighted by Gasteiger charge is -2.31. The summed E-state index contributed by atoms with van der Waals surface area (Å²) in [7, 11) is 5.81. The molecule has 0 aliphatic carbocycles. The molecule has 1 aliphatic heterocycles. The van der Waals surface area contributed by atoms with Gasteiger partial charge in [-0.2, -0.15) is 0 Å². The number of fused-ring (bicyclic) bond motifs is 1. The van der Waals surface area contributed by atoms with E-state index in [0.717, 1.165) is 0 Å². The van der Waals surface area contributed by atoms with Crippen molar-refractivity contribution in [3.8, 4) is 5.75 Å². The van der Waals surface area contributed by atoms with E-state index in [0.29, 0.717) is 24.3 Å². The van der Waals surface area contributed by atoms with E-state index in [9.17, 15) is 9.50 Å². The van der Waals surface area contributed by atoms with Crippen LogP contribution in [-0.4, -0.2) is 19.6 Å². The number of halogens is 1. The van der Waals surface area contributed by atoms with Gasteiger partial charge in [-0.25, -0.2) is 4.39 Å². The van der Waals surface area contributed by atoms with Gasteiger partial charge < -0.3 is 9.84 Å². The Morgan fingerprint density at radius 2 is 2.19 bits per heavy atom. The summed E-state index contributed by atoms with van der Waals surface area (Å²) < 4.78 is 19.1. The highest BCUT2D eigenvalue weighted by molar-refractivity contribution is 6.15. The summed E-state index contributed by atoms with van der Waals surface area (Å²) in [6.07, 6.45) is 0.592. The minimum atomic E-state index is -1.65. The summed E-state index contributed by atoms with van der Waals surface area (Å²) in [5, 5.41) is 10.2. The topological polar surface area (TPSA) is 29.5 Å². The van der Waals surface area contributed by atoms with E-state index >= 15 is 0 Å². The molecule has 2 nitrogen and oxygen atoms in total. The first kappa shape index (κ1) is 11.5. The van der Waals surface area contributed by atoms with Crippen molar-refractivity contribution in [1.29, 1.82) is 0 Å². The summed E-state index contributed by atoms with van der Waals surface area (Å²) in [5.41, 5.74) is -0.778. The van der Waals surface area contributed by atoms with Crippen molar-refractivity contribution in [2.24, 2.45) is 5.92 Å². The number of hydrogen-bond acceptors (Lipinski definition) is 2. The molecule has 1 aliphatic rings. The minimum absolute atomic E-state index is 0.178. The van der Waals surface area contributed by atoms with Crippen LogP contribution in [0.3, 0.4) is 0 Å². The van der Waals surface area contributed by atoms with Gasteiger partial charge in [0.2, 0.25) is 0 Å². The van der Waals surface area contributed by atoms with Gasteiger partial charge in [-0.1, -0.05) is 13.8 Å². The van der Waals surface area contributed by atoms with Gasteiger partial charge in [0.1, 0.15) is 19.4 Å². The Bertz CT molecular complexity index is 416. The second kappa shape index (κ2) is 3.77. The molecule has 1 unspecified atom stereocenters. The molecule has 0 saturated carbocycles. The Morgan fingerprint density at radius 3 is 2.81 bits per heavy atom. The van der Waals surface area contributed by atoms with Gasteiger partial charge in [-0.05, 0) is 18.1 Å². The van der Waals surface area contributed by atoms with Gasteiger partial charge in [0.15, 0.2) is 0 Å². The van der Waals surface area contributed by atoms with Crippen LogP contribution in [0.25, 0.3) is 0 Å². The normalized spacial score (nSPS) is 18.1. The Balaban J connectivity index is 2.60. The predicted molar refractivity (Wildman–Crippen MR) is 60.1 cm³/mol. The van der Waals surface area contributed by atoms with Gasteiger partial charge >= 0.3 is 0 Å². The number of ether oxygens (including phenoxy) is 1. The molecule has 1 aromatic rings. The van der Waals surface area contributed by atoms with Crippen LogP contribution in [0.15, 0.2) is 12.1 Å². The molecule has 16 heavy (non-hydrogen) atoms. The maximum absolute atomic E-state index is 13.8. The summed E-state index contributed by atoms with van der Waals surface area (Å²) in [6.45, 7) is 4.03. The fourth-order valence-electron chi connectivity index (χ4n) is 1.97. The second-order valence-corrected chi connectivity index (χ2v) is 4.48. The van der Waals surface area contributed by atoms with Gasteiger partial charge in [-0.3, -0.25) is 0 Å². The van der Waals surface area contributed by atoms with Crippen LogP contribution in [0.4, 0.5) is 4.39 Å². The van der Waals surface area contributed by atoms with Gasteiger partial charge in [0.25, 0.3) is 0 Å². The fourth-order valence-corrected chi connectivity index (χ4v) is 1.97. The lowest BCUT2D eigenvalue weighted by Crippen LogP contribution is -2.34. The summed E-state index contributed by atoms with van der Waals surface area (Å²) in [6, 6.07) is 2.87. The van der Waals surface area contributed by atoms with Gasteiger partial charge in [0, 0.05) is 17.5 Å². The highest BCUT2D eigenvalue weighted by Crippen LogP contribution is 2.38. The largest absolute Gasteiger partial charge is 0.493 e. The molecule has 1 atom stereocenters. The Kier molecular flexibility index (Phi) is 2.70. The molecule has 0 fully saturated rings. The third kappa shape index (κ3) is 1.61. The predicted octanol–water partition coefficient (Wildman–Crippen LogP) is 1.73. The molecule has 0 saturated heterocycles. The summed E-state index contributed by atoms with van der Waals surface area (Å²) >= 11 is 0. The van der Waals surface area contributed by atoms with E-state index in [2.05, 4.69) is 0 Å². The summed E-state index contributed by atoms with van der Waals surface area (Å²) in [4.78, 5) is 0. The lowest BCUT2D eigenvalue weighted by molar-refractivity contribution is 0.0723. The molecular formula is C12H14BFO2. The first-order valence-corrected chi connectivity index (χ1v) is 5.40. The Morgan fingerprint density at radius 1 is 1.50 bits per heavy atom. The second-order valence-electron chi connectivity index (χ2n) is 4.48. The van der Waals surface area contributed by atoms with Gasteiger partial charge in [-0.15, -0.1) is 0 Å². The number of aliphatic hydroxyl groups is 1. The highest BCUT2D eigenvalue weighted by Gasteiger charge is 2.34. The molecule has 4 heteroatoms. The lowest BCUT2D eigenvalue weighted by atomic mass is 9.66. The van der Waals surface area contributed by atoms with Crippen LogP contribution in [0, 0.1) is 11.7 Å². The van der Waals surface area contributed by atoms with Crippen LogP contribution in [0.1, 0.15) is 25.0 Å². The van der Waals surface area contributed by atoms with E-state index in [1.807, 2.05) is 0 Å². The van der Waals surface area contributed by atoms with Crippen molar-refractivity contribution >= 4 is 7.85 Å². The highest BCUT2D eigenvalue weighted by atomic mass is 19.1. The molecule has 0 amide bonds. The Labute approximate surface area is 95.8 Å². The maximum Gasteiger partial charge on any atom is 0.129 e. The molecule has 84 valence electrons. The third-order valence-electron chi connectivity index (χ3n) is 3.11. The monoisotopic (exact) mass is 220 g/mol. The smallest absolute Gasteiger partial charge is 0.129 e. The molecule has 0 bridgehead atoms. The van der Waals surface area contributed by atoms with Crippen LogP contribution in [0.5, 0.6) is 5.75 Å². The molecule has 1 N–H and O–H groups in total. The standard InChI is InChI=1S/C12H14BFO2/c1-7(2)12(13,15)11-8-5-6-16-10(8)4-3-9(11)14/h3-4,7,15H,5-6H2,1-2H3. The fraction of sp³-hybridized carbons (Fsp3) is 0.500. The van der Waals surface area contributed by atoms with E-state index in [1.54, 1.807) is 19.9 Å². The molecular weight excluding hydrogens is 206 g/mol. The minimum Gasteiger partial charge on any atom is -0.493 e. The average molecular weight is 220 g/mol. The Hall–Kier alpha value is -1.03. The quantitative estimate of drug-likeness (QED) is 0.769. The van der Waals surface area contributed by atoms with Crippen LogP contribution < -0.4 is 4.74 Å². The zero-order chi connectivity index (χ0) is 11.9. The van der Waals surface area contributed by atoms with E-state index in [1.165, 1.54) is 6.07 Å². The van der Waals surface area contributed by atoms with E-state index in [4.69, 9.17) is 12.6 Å². The van der Waals surface area contributed by atoms with Crippen LogP contribution >= 0.6 is 0 Å². The first-order chi connectivity index (χ1) is 7.44. The third-order valence-corrected chi connectivity index (χ3v) is 3.11. The average Bonchev–Trinajstić information content (AvgIpc) is 2.64. The maximum atomic E-state index is 13.8. The van der Waals surface area contributed by atoms with Crippen molar-refractivity contribution in [3.05, 3.63) is 29.1 Å². The first-order valence-electron chi connectivity index (χ1n) is 5.40. The van der Waals surface area contributed by atoms with Crippen molar-refractivity contribution < 1.29 is 14.2 Å². The molecule has 2 radical (unpaired) electrons. The summed E-state index contributed by atoms with van der Waals surface area (Å²) in [5.74, 6) is -0.113. The molecule has 0 aromatic heterocycles. The zero-order valence-corrected chi connectivity index (χ0v) is 9.46. The molecule has 1 heterocycles. The van der Waals surface area contributed by atoms with Crippen molar-refractivity contribution in [2.45, 2.75) is 25.8 Å². The van der Waals surface area contributed by atoms with Crippen molar-refractivity contribution in [2.75, 3.05) is 6.61 Å².